The maximum atomic E-state index is 11.3. The van der Waals surface area contributed by atoms with E-state index >= 15 is 0 Å². The van der Waals surface area contributed by atoms with Crippen molar-refractivity contribution in [3.8, 4) is 0 Å². The molecule has 4 aliphatic carbocycles. The topological polar surface area (TPSA) is 98.3 Å². The van der Waals surface area contributed by atoms with Gasteiger partial charge in [0, 0.05) is 0 Å². The Morgan fingerprint density at radius 1 is 1.41 bits per heavy atom. The molecule has 4 aliphatic rings. The molecule has 118 valence electrons. The van der Waals surface area contributed by atoms with Gasteiger partial charge in [-0.05, 0) is 55.8 Å². The maximum absolute atomic E-state index is 11.3. The van der Waals surface area contributed by atoms with Crippen LogP contribution >= 0.6 is 0 Å². The quantitative estimate of drug-likeness (QED) is 0.681. The third-order valence-electron chi connectivity index (χ3n) is 5.94. The van der Waals surface area contributed by atoms with E-state index in [9.17, 15) is 20.0 Å². The molecule has 0 amide bonds. The molecule has 0 radical (unpaired) electrons. The van der Waals surface area contributed by atoms with Crippen molar-refractivity contribution in [2.45, 2.75) is 50.5 Å². The molecule has 1 N–H and O–H groups in total. The number of carbonyl (C=O) groups is 1. The first-order valence-electron chi connectivity index (χ1n) is 7.81. The summed E-state index contributed by atoms with van der Waals surface area (Å²) in [6.07, 6.45) is 8.94. The summed E-state index contributed by atoms with van der Waals surface area (Å²) in [6, 6.07) is 0. The Morgan fingerprint density at radius 3 is 2.64 bits per heavy atom. The second-order valence-electron chi connectivity index (χ2n) is 7.66. The van der Waals surface area contributed by atoms with Gasteiger partial charge in [-0.2, -0.15) is 5.10 Å². The van der Waals surface area contributed by atoms with E-state index in [-0.39, 0.29) is 23.1 Å². The van der Waals surface area contributed by atoms with E-state index in [0.717, 1.165) is 32.1 Å². The van der Waals surface area contributed by atoms with Crippen molar-refractivity contribution >= 4 is 11.7 Å². The van der Waals surface area contributed by atoms with Gasteiger partial charge in [-0.15, -0.1) is 0 Å². The van der Waals surface area contributed by atoms with E-state index < -0.39 is 10.9 Å². The van der Waals surface area contributed by atoms with Crippen LogP contribution in [0, 0.1) is 27.4 Å². The highest BCUT2D eigenvalue weighted by atomic mass is 16.6. The zero-order chi connectivity index (χ0) is 15.5. The average molecular weight is 305 g/mol. The number of nitro groups is 1. The lowest BCUT2D eigenvalue weighted by atomic mass is 9.46. The standard InChI is InChI=1S/C15H19N3O4/c19-13(20)6-14-2-10-1-11(3-14)5-15(4-10,9-14)17-8-12(7-16-17)18(21)22/h7-8,10-11H,1-6,9H2,(H,19,20)/t10-,11+,14?,15?. The summed E-state index contributed by atoms with van der Waals surface area (Å²) in [6.45, 7) is 0. The summed E-state index contributed by atoms with van der Waals surface area (Å²) in [5.41, 5.74) is -0.340. The van der Waals surface area contributed by atoms with Crippen molar-refractivity contribution in [1.29, 1.82) is 0 Å². The minimum Gasteiger partial charge on any atom is -0.481 e. The van der Waals surface area contributed by atoms with Crippen LogP contribution in [0.3, 0.4) is 0 Å². The molecule has 1 aromatic rings. The molecule has 7 nitrogen and oxygen atoms in total. The second kappa shape index (κ2) is 4.30. The summed E-state index contributed by atoms with van der Waals surface area (Å²) in [5.74, 6) is 0.330. The van der Waals surface area contributed by atoms with E-state index in [1.807, 2.05) is 0 Å². The first-order valence-corrected chi connectivity index (χ1v) is 7.81. The molecule has 1 heterocycles. The molecule has 5 rings (SSSR count). The largest absolute Gasteiger partial charge is 0.481 e. The number of aliphatic carboxylic acids is 1. The highest BCUT2D eigenvalue weighted by molar-refractivity contribution is 5.67. The number of carboxylic acids is 1. The Morgan fingerprint density at radius 2 is 2.09 bits per heavy atom. The van der Waals surface area contributed by atoms with Crippen LogP contribution in [0.25, 0.3) is 0 Å². The lowest BCUT2D eigenvalue weighted by Crippen LogP contribution is -2.57. The van der Waals surface area contributed by atoms with Gasteiger partial charge in [0.1, 0.15) is 12.4 Å². The lowest BCUT2D eigenvalue weighted by Gasteiger charge is -2.61. The zero-order valence-electron chi connectivity index (χ0n) is 12.3. The Bertz CT molecular complexity index is 639. The SMILES string of the molecule is O=C(O)CC12C[C@H]3C[C@@H](C1)CC(n1cc([N+](=O)[O-])cn1)(C3)C2. The number of nitrogens with zero attached hydrogens (tertiary/aromatic N) is 3. The Labute approximate surface area is 127 Å². The van der Waals surface area contributed by atoms with Crippen molar-refractivity contribution in [2.75, 3.05) is 0 Å². The van der Waals surface area contributed by atoms with E-state index in [0.29, 0.717) is 11.8 Å². The molecule has 0 spiro atoms. The third-order valence-corrected chi connectivity index (χ3v) is 5.94. The molecule has 7 heteroatoms. The third kappa shape index (κ3) is 1.94. The number of aromatic nitrogens is 2. The molecule has 4 atom stereocenters. The second-order valence-corrected chi connectivity index (χ2v) is 7.66. The van der Waals surface area contributed by atoms with Crippen LogP contribution in [0.5, 0.6) is 0 Å². The molecule has 0 aliphatic heterocycles. The van der Waals surface area contributed by atoms with Crippen molar-refractivity contribution in [2.24, 2.45) is 17.3 Å². The molecule has 4 fully saturated rings. The summed E-state index contributed by atoms with van der Waals surface area (Å²) in [4.78, 5) is 21.8. The van der Waals surface area contributed by atoms with E-state index in [1.54, 1.807) is 4.68 Å². The molecule has 0 saturated heterocycles. The molecule has 22 heavy (non-hydrogen) atoms. The summed E-state index contributed by atoms with van der Waals surface area (Å²) >= 11 is 0. The highest BCUT2D eigenvalue weighted by Gasteiger charge is 2.59. The number of hydrogen-bond acceptors (Lipinski definition) is 4. The summed E-state index contributed by atoms with van der Waals surface area (Å²) in [7, 11) is 0. The van der Waals surface area contributed by atoms with Crippen molar-refractivity contribution in [1.82, 2.24) is 9.78 Å². The van der Waals surface area contributed by atoms with E-state index in [4.69, 9.17) is 0 Å². The fourth-order valence-electron chi connectivity index (χ4n) is 5.86. The highest BCUT2D eigenvalue weighted by Crippen LogP contribution is 2.65. The van der Waals surface area contributed by atoms with Crippen LogP contribution in [0.4, 0.5) is 5.69 Å². The Balaban J connectivity index is 1.71. The van der Waals surface area contributed by atoms with Gasteiger partial charge in [-0.3, -0.25) is 19.6 Å². The minimum atomic E-state index is -0.733. The molecule has 4 bridgehead atoms. The first kappa shape index (κ1) is 13.7. The maximum Gasteiger partial charge on any atom is 0.307 e. The predicted octanol–water partition coefficient (Wildman–Crippen LogP) is 2.56. The van der Waals surface area contributed by atoms with Crippen LogP contribution in [-0.2, 0) is 10.3 Å². The molecule has 2 unspecified atom stereocenters. The van der Waals surface area contributed by atoms with Gasteiger partial charge in [0.2, 0.25) is 0 Å². The fourth-order valence-corrected chi connectivity index (χ4v) is 5.86. The van der Waals surface area contributed by atoms with Crippen molar-refractivity contribution < 1.29 is 14.8 Å². The zero-order valence-corrected chi connectivity index (χ0v) is 12.3. The van der Waals surface area contributed by atoms with Gasteiger partial charge in [-0.25, -0.2) is 0 Å². The van der Waals surface area contributed by atoms with Crippen molar-refractivity contribution in [3.05, 3.63) is 22.5 Å². The van der Waals surface area contributed by atoms with Crippen LogP contribution in [-0.4, -0.2) is 25.8 Å². The molecule has 1 aromatic heterocycles. The number of rotatable bonds is 4. The van der Waals surface area contributed by atoms with Crippen molar-refractivity contribution in [3.63, 3.8) is 0 Å². The normalized spacial score (nSPS) is 39.1. The summed E-state index contributed by atoms with van der Waals surface area (Å²) < 4.78 is 1.78. The average Bonchev–Trinajstić information content (AvgIpc) is 2.85. The molecular weight excluding hydrogens is 286 g/mol. The van der Waals surface area contributed by atoms with E-state index in [2.05, 4.69) is 5.10 Å². The van der Waals surface area contributed by atoms with Gasteiger partial charge < -0.3 is 5.11 Å². The first-order chi connectivity index (χ1) is 10.4. The van der Waals surface area contributed by atoms with Crippen LogP contribution in [0.1, 0.15) is 44.9 Å². The molecular formula is C15H19N3O4. The monoisotopic (exact) mass is 305 g/mol. The minimum absolute atomic E-state index is 0.0167. The van der Waals surface area contributed by atoms with Gasteiger partial charge in [0.05, 0.1) is 16.9 Å². The van der Waals surface area contributed by atoms with Crippen LogP contribution in [0.15, 0.2) is 12.4 Å². The van der Waals surface area contributed by atoms with Gasteiger partial charge in [-0.1, -0.05) is 0 Å². The fraction of sp³-hybridized carbons (Fsp3) is 0.733. The van der Waals surface area contributed by atoms with Crippen LogP contribution < -0.4 is 0 Å². The smallest absolute Gasteiger partial charge is 0.307 e. The van der Waals surface area contributed by atoms with Gasteiger partial charge >= 0.3 is 11.7 Å². The summed E-state index contributed by atoms with van der Waals surface area (Å²) in [5, 5.41) is 24.5. The Hall–Kier alpha value is -1.92. The lowest BCUT2D eigenvalue weighted by molar-refractivity contribution is -0.385. The number of carboxylic acid groups (broad SMARTS) is 1. The molecule has 4 saturated carbocycles. The predicted molar refractivity (Wildman–Crippen MR) is 76.2 cm³/mol. The Kier molecular flexibility index (Phi) is 2.68. The molecule has 0 aromatic carbocycles. The van der Waals surface area contributed by atoms with Gasteiger partial charge in [0.15, 0.2) is 0 Å². The van der Waals surface area contributed by atoms with E-state index in [1.165, 1.54) is 18.8 Å². The van der Waals surface area contributed by atoms with Crippen LogP contribution in [0.2, 0.25) is 0 Å². The number of hydrogen-bond donors (Lipinski definition) is 1. The van der Waals surface area contributed by atoms with Gasteiger partial charge in [0.25, 0.3) is 0 Å².